The first kappa shape index (κ1) is 22.9. The first-order chi connectivity index (χ1) is 16.4. The third-order valence-corrected chi connectivity index (χ3v) is 5.73. The highest BCUT2D eigenvalue weighted by Crippen LogP contribution is 2.22. The van der Waals surface area contributed by atoms with Crippen LogP contribution in [0, 0.1) is 5.92 Å². The van der Waals surface area contributed by atoms with E-state index in [0.29, 0.717) is 5.56 Å². The van der Waals surface area contributed by atoms with Crippen molar-refractivity contribution in [2.45, 2.75) is 13.0 Å². The average molecular weight is 456 g/mol. The summed E-state index contributed by atoms with van der Waals surface area (Å²) in [4.78, 5) is 26.9. The molecule has 0 spiro atoms. The van der Waals surface area contributed by atoms with Gasteiger partial charge in [0.1, 0.15) is 0 Å². The number of nitrogens with one attached hydrogen (secondary N) is 4. The maximum Gasteiger partial charge on any atom is 0.255 e. The monoisotopic (exact) mass is 455 g/mol. The Morgan fingerprint density at radius 2 is 1.29 bits per heavy atom. The standard InChI is InChI=1S/C27H29N5O2/c1-18-25(16-17-28-18)27(34)31-23-12-8-21(9-13-23)29-20-6-10-22(11-7-20)30-26(33)19-4-14-24(15-5-19)32(2)3/h4-18,25,28-29H,1-3H3,(H,30,33)(H,31,34). The van der Waals surface area contributed by atoms with Crippen molar-refractivity contribution in [2.75, 3.05) is 34.9 Å². The Balaban J connectivity index is 1.31. The lowest BCUT2D eigenvalue weighted by Crippen LogP contribution is -2.32. The number of carbonyl (C=O) groups is 2. The molecule has 174 valence electrons. The normalized spacial score (nSPS) is 16.4. The van der Waals surface area contributed by atoms with Gasteiger partial charge in [-0.2, -0.15) is 0 Å². The van der Waals surface area contributed by atoms with Crippen molar-refractivity contribution in [1.29, 1.82) is 0 Å². The number of benzene rings is 3. The van der Waals surface area contributed by atoms with Gasteiger partial charge in [0.25, 0.3) is 5.91 Å². The molecular formula is C27H29N5O2. The lowest BCUT2D eigenvalue weighted by atomic mass is 10.0. The molecule has 4 rings (SSSR count). The van der Waals surface area contributed by atoms with Gasteiger partial charge in [0.05, 0.1) is 5.92 Å². The summed E-state index contributed by atoms with van der Waals surface area (Å²) in [5, 5.41) is 12.3. The summed E-state index contributed by atoms with van der Waals surface area (Å²) < 4.78 is 0. The third-order valence-electron chi connectivity index (χ3n) is 5.73. The van der Waals surface area contributed by atoms with E-state index in [2.05, 4.69) is 21.3 Å². The molecule has 2 amide bonds. The van der Waals surface area contributed by atoms with Gasteiger partial charge in [-0.15, -0.1) is 0 Å². The zero-order valence-corrected chi connectivity index (χ0v) is 19.5. The molecule has 2 atom stereocenters. The van der Waals surface area contributed by atoms with Crippen molar-refractivity contribution in [2.24, 2.45) is 5.92 Å². The van der Waals surface area contributed by atoms with Gasteiger partial charge in [-0.3, -0.25) is 9.59 Å². The number of anilines is 5. The molecule has 0 aliphatic carbocycles. The molecule has 0 saturated heterocycles. The smallest absolute Gasteiger partial charge is 0.255 e. The second-order valence-corrected chi connectivity index (χ2v) is 8.50. The van der Waals surface area contributed by atoms with Crippen molar-refractivity contribution in [3.8, 4) is 0 Å². The quantitative estimate of drug-likeness (QED) is 0.411. The third kappa shape index (κ3) is 5.56. The van der Waals surface area contributed by atoms with Crippen molar-refractivity contribution in [3.05, 3.63) is 90.6 Å². The van der Waals surface area contributed by atoms with Crippen LogP contribution >= 0.6 is 0 Å². The summed E-state index contributed by atoms with van der Waals surface area (Å²) >= 11 is 0. The van der Waals surface area contributed by atoms with Gasteiger partial charge in [0, 0.05) is 54.1 Å². The number of hydrogen-bond donors (Lipinski definition) is 4. The van der Waals surface area contributed by atoms with Crippen LogP contribution < -0.4 is 26.2 Å². The summed E-state index contributed by atoms with van der Waals surface area (Å²) in [6.45, 7) is 1.98. The lowest BCUT2D eigenvalue weighted by Gasteiger charge is -2.15. The highest BCUT2D eigenvalue weighted by molar-refractivity contribution is 6.04. The van der Waals surface area contributed by atoms with Crippen LogP contribution in [0.5, 0.6) is 0 Å². The second-order valence-electron chi connectivity index (χ2n) is 8.50. The minimum atomic E-state index is -0.172. The maximum atomic E-state index is 12.5. The Labute approximate surface area is 199 Å². The van der Waals surface area contributed by atoms with E-state index in [-0.39, 0.29) is 23.8 Å². The van der Waals surface area contributed by atoms with Crippen LogP contribution in [0.4, 0.5) is 28.4 Å². The van der Waals surface area contributed by atoms with E-state index in [1.54, 1.807) is 0 Å². The fraction of sp³-hybridized carbons (Fsp3) is 0.185. The highest BCUT2D eigenvalue weighted by atomic mass is 16.2. The summed E-state index contributed by atoms with van der Waals surface area (Å²) in [7, 11) is 3.93. The molecule has 0 aromatic heterocycles. The molecule has 0 bridgehead atoms. The summed E-state index contributed by atoms with van der Waals surface area (Å²) in [5.74, 6) is -0.350. The van der Waals surface area contributed by atoms with E-state index in [4.69, 9.17) is 0 Å². The van der Waals surface area contributed by atoms with Gasteiger partial charge in [-0.25, -0.2) is 0 Å². The van der Waals surface area contributed by atoms with Crippen molar-refractivity contribution in [1.82, 2.24) is 5.32 Å². The Morgan fingerprint density at radius 3 is 1.79 bits per heavy atom. The molecular weight excluding hydrogens is 426 g/mol. The molecule has 2 unspecified atom stereocenters. The van der Waals surface area contributed by atoms with Crippen LogP contribution in [0.25, 0.3) is 0 Å². The molecule has 1 heterocycles. The molecule has 0 radical (unpaired) electrons. The Kier molecular flexibility index (Phi) is 6.82. The van der Waals surface area contributed by atoms with Crippen LogP contribution in [0.3, 0.4) is 0 Å². The lowest BCUT2D eigenvalue weighted by molar-refractivity contribution is -0.118. The van der Waals surface area contributed by atoms with Crippen LogP contribution in [0.15, 0.2) is 85.1 Å². The average Bonchev–Trinajstić information content (AvgIpc) is 3.27. The minimum absolute atomic E-state index is 0.0271. The first-order valence-electron chi connectivity index (χ1n) is 11.2. The van der Waals surface area contributed by atoms with Gasteiger partial charge in [0.2, 0.25) is 5.91 Å². The Hall–Kier alpha value is -4.26. The Bertz CT molecular complexity index is 1170. The molecule has 4 N–H and O–H groups in total. The fourth-order valence-corrected chi connectivity index (χ4v) is 3.68. The van der Waals surface area contributed by atoms with Crippen LogP contribution in [-0.2, 0) is 4.79 Å². The van der Waals surface area contributed by atoms with E-state index < -0.39 is 0 Å². The number of hydrogen-bond acceptors (Lipinski definition) is 5. The fourth-order valence-electron chi connectivity index (χ4n) is 3.68. The largest absolute Gasteiger partial charge is 0.388 e. The van der Waals surface area contributed by atoms with Gasteiger partial charge in [0.15, 0.2) is 0 Å². The second kappa shape index (κ2) is 10.1. The van der Waals surface area contributed by atoms with Crippen LogP contribution in [0.2, 0.25) is 0 Å². The van der Waals surface area contributed by atoms with Crippen LogP contribution in [-0.4, -0.2) is 32.0 Å². The summed E-state index contributed by atoms with van der Waals surface area (Å²) in [6.07, 6.45) is 3.70. The molecule has 7 heteroatoms. The zero-order valence-electron chi connectivity index (χ0n) is 19.5. The Morgan fingerprint density at radius 1 is 0.765 bits per heavy atom. The van der Waals surface area contributed by atoms with Crippen molar-refractivity contribution >= 4 is 40.3 Å². The zero-order chi connectivity index (χ0) is 24.1. The van der Waals surface area contributed by atoms with E-state index >= 15 is 0 Å². The van der Waals surface area contributed by atoms with E-state index in [1.165, 1.54) is 0 Å². The molecule has 0 saturated carbocycles. The van der Waals surface area contributed by atoms with Crippen molar-refractivity contribution in [3.63, 3.8) is 0 Å². The topological polar surface area (TPSA) is 85.5 Å². The first-order valence-corrected chi connectivity index (χ1v) is 11.2. The van der Waals surface area contributed by atoms with Crippen molar-refractivity contribution < 1.29 is 9.59 Å². The number of rotatable bonds is 7. The van der Waals surface area contributed by atoms with Gasteiger partial charge >= 0.3 is 0 Å². The highest BCUT2D eigenvalue weighted by Gasteiger charge is 2.25. The van der Waals surface area contributed by atoms with E-state index in [1.807, 2.05) is 111 Å². The maximum absolute atomic E-state index is 12.5. The van der Waals surface area contributed by atoms with E-state index in [9.17, 15) is 9.59 Å². The molecule has 3 aromatic carbocycles. The van der Waals surface area contributed by atoms with Gasteiger partial charge in [-0.05, 0) is 85.9 Å². The molecule has 0 fully saturated rings. The molecule has 1 aliphatic rings. The SMILES string of the molecule is CC1NC=CC1C(=O)Nc1ccc(Nc2ccc(NC(=O)c3ccc(N(C)C)cc3)cc2)cc1. The number of amides is 2. The number of carbonyl (C=O) groups excluding carboxylic acids is 2. The molecule has 3 aromatic rings. The minimum Gasteiger partial charge on any atom is -0.388 e. The predicted molar refractivity (Wildman–Crippen MR) is 139 cm³/mol. The predicted octanol–water partition coefficient (Wildman–Crippen LogP) is 4.81. The van der Waals surface area contributed by atoms with Gasteiger partial charge in [-0.1, -0.05) is 6.08 Å². The number of nitrogens with zero attached hydrogens (tertiary/aromatic N) is 1. The summed E-state index contributed by atoms with van der Waals surface area (Å²) in [6, 6.07) is 22.6. The van der Waals surface area contributed by atoms with E-state index in [0.717, 1.165) is 28.4 Å². The van der Waals surface area contributed by atoms with Crippen LogP contribution in [0.1, 0.15) is 17.3 Å². The van der Waals surface area contributed by atoms with Gasteiger partial charge < -0.3 is 26.2 Å². The molecule has 34 heavy (non-hydrogen) atoms. The molecule has 1 aliphatic heterocycles. The molecule has 7 nitrogen and oxygen atoms in total. The summed E-state index contributed by atoms with van der Waals surface area (Å²) in [5.41, 5.74) is 4.90.